The van der Waals surface area contributed by atoms with E-state index in [1.165, 1.54) is 19.3 Å². The van der Waals surface area contributed by atoms with Crippen molar-refractivity contribution >= 4 is 46.2 Å². The molecule has 1 heterocycles. The number of hydrogen-bond acceptors (Lipinski definition) is 3. The lowest BCUT2D eigenvalue weighted by Gasteiger charge is -2.29. The number of carbonyl (C=O) groups is 1. The fraction of sp³-hybridized carbons (Fsp3) is 0.467. The summed E-state index contributed by atoms with van der Waals surface area (Å²) in [5.74, 6) is -0.108. The average molecular weight is 326 g/mol. The maximum Gasteiger partial charge on any atom is 0.225 e. The molecule has 1 aromatic carbocycles. The van der Waals surface area contributed by atoms with Crippen molar-refractivity contribution in [1.29, 1.82) is 0 Å². The van der Waals surface area contributed by atoms with Crippen LogP contribution in [0.3, 0.4) is 0 Å². The first-order valence-corrected chi connectivity index (χ1v) is 8.04. The number of nitrogens with zero attached hydrogens (tertiary/aromatic N) is 1. The monoisotopic (exact) mass is 325 g/mol. The Balaban J connectivity index is 2.01. The molecule has 0 atom stereocenters. The highest BCUT2D eigenvalue weighted by Gasteiger charge is 2.14. The van der Waals surface area contributed by atoms with Crippen LogP contribution in [-0.2, 0) is 4.79 Å². The molecule has 1 aliphatic heterocycles. The molecule has 1 aliphatic rings. The van der Waals surface area contributed by atoms with Gasteiger partial charge < -0.3 is 15.5 Å². The lowest BCUT2D eigenvalue weighted by atomic mass is 10.1. The topological polar surface area (TPSA) is 44.4 Å². The van der Waals surface area contributed by atoms with Gasteiger partial charge in [0.25, 0.3) is 0 Å². The van der Waals surface area contributed by atoms with Crippen LogP contribution < -0.4 is 15.5 Å². The Morgan fingerprint density at radius 3 is 2.67 bits per heavy atom. The van der Waals surface area contributed by atoms with Crippen molar-refractivity contribution < 1.29 is 4.79 Å². The van der Waals surface area contributed by atoms with Crippen LogP contribution in [-0.4, -0.2) is 24.1 Å². The highest BCUT2D eigenvalue weighted by molar-refractivity contribution is 7.80. The zero-order chi connectivity index (χ0) is 15.2. The summed E-state index contributed by atoms with van der Waals surface area (Å²) in [4.78, 5) is 13.6. The maximum atomic E-state index is 11.3. The third kappa shape index (κ3) is 4.58. The smallest absolute Gasteiger partial charge is 0.225 e. The van der Waals surface area contributed by atoms with E-state index in [4.69, 9.17) is 23.8 Å². The number of piperidine rings is 1. The van der Waals surface area contributed by atoms with Crippen LogP contribution in [0.4, 0.5) is 11.4 Å². The summed E-state index contributed by atoms with van der Waals surface area (Å²) in [6.45, 7) is 3.89. The fourth-order valence-electron chi connectivity index (χ4n) is 2.35. The van der Waals surface area contributed by atoms with Crippen molar-refractivity contribution in [1.82, 2.24) is 5.32 Å². The molecule has 6 heteroatoms. The van der Waals surface area contributed by atoms with Crippen molar-refractivity contribution in [3.63, 3.8) is 0 Å². The van der Waals surface area contributed by atoms with Crippen LogP contribution in [0.1, 0.15) is 32.6 Å². The van der Waals surface area contributed by atoms with Gasteiger partial charge in [0.1, 0.15) is 0 Å². The summed E-state index contributed by atoms with van der Waals surface area (Å²) in [6.07, 6.45) is 4.11. The second-order valence-corrected chi connectivity index (χ2v) is 5.89. The second kappa shape index (κ2) is 7.61. The van der Waals surface area contributed by atoms with Gasteiger partial charge in [-0.1, -0.05) is 18.5 Å². The first kappa shape index (κ1) is 16.0. The highest BCUT2D eigenvalue weighted by Crippen LogP contribution is 2.30. The molecular weight excluding hydrogens is 306 g/mol. The molecule has 0 bridgehead atoms. The number of thiocarbonyl (C=S) groups is 1. The Morgan fingerprint density at radius 1 is 1.33 bits per heavy atom. The van der Waals surface area contributed by atoms with Crippen molar-refractivity contribution in [2.45, 2.75) is 32.6 Å². The van der Waals surface area contributed by atoms with E-state index in [1.807, 2.05) is 18.2 Å². The van der Waals surface area contributed by atoms with E-state index in [0.717, 1.165) is 24.5 Å². The van der Waals surface area contributed by atoms with Crippen LogP contribution in [0.15, 0.2) is 18.2 Å². The minimum absolute atomic E-state index is 0.108. The molecule has 0 unspecified atom stereocenters. The molecule has 1 fully saturated rings. The zero-order valence-electron chi connectivity index (χ0n) is 12.1. The molecule has 0 radical (unpaired) electrons. The summed E-state index contributed by atoms with van der Waals surface area (Å²) < 4.78 is 0. The lowest BCUT2D eigenvalue weighted by Crippen LogP contribution is -2.33. The normalized spacial score (nSPS) is 14.7. The number of benzene rings is 1. The van der Waals surface area contributed by atoms with E-state index < -0.39 is 0 Å². The van der Waals surface area contributed by atoms with Gasteiger partial charge in [-0.2, -0.15) is 0 Å². The number of hydrogen-bond donors (Lipinski definition) is 2. The Kier molecular flexibility index (Phi) is 5.82. The molecule has 1 aromatic rings. The molecular formula is C15H20ClN3OS. The number of carbonyl (C=O) groups excluding carboxylic acids is 1. The molecule has 21 heavy (non-hydrogen) atoms. The predicted molar refractivity (Wildman–Crippen MR) is 92.2 cm³/mol. The molecule has 1 amide bonds. The summed E-state index contributed by atoms with van der Waals surface area (Å²) in [5, 5.41) is 6.57. The van der Waals surface area contributed by atoms with Crippen molar-refractivity contribution in [2.24, 2.45) is 0 Å². The number of nitrogens with one attached hydrogen (secondary N) is 2. The van der Waals surface area contributed by atoms with Crippen LogP contribution >= 0.6 is 23.8 Å². The minimum Gasteiger partial charge on any atom is -0.370 e. The van der Waals surface area contributed by atoms with E-state index in [-0.39, 0.29) is 5.91 Å². The summed E-state index contributed by atoms with van der Waals surface area (Å²) >= 11 is 11.5. The molecule has 2 N–H and O–H groups in total. The average Bonchev–Trinajstić information content (AvgIpc) is 2.48. The first-order chi connectivity index (χ1) is 10.1. The van der Waals surface area contributed by atoms with E-state index in [0.29, 0.717) is 16.6 Å². The van der Waals surface area contributed by atoms with E-state index in [1.54, 1.807) is 6.92 Å². The van der Waals surface area contributed by atoms with Crippen molar-refractivity contribution in [3.8, 4) is 0 Å². The van der Waals surface area contributed by atoms with Crippen LogP contribution in [0.25, 0.3) is 0 Å². The van der Waals surface area contributed by atoms with Crippen LogP contribution in [0.2, 0.25) is 5.02 Å². The van der Waals surface area contributed by atoms with Crippen LogP contribution in [0, 0.1) is 0 Å². The van der Waals surface area contributed by atoms with E-state index in [9.17, 15) is 4.79 Å². The molecule has 0 spiro atoms. The Hall–Kier alpha value is -1.33. The Bertz CT molecular complexity index is 530. The van der Waals surface area contributed by atoms with Gasteiger partial charge >= 0.3 is 0 Å². The molecule has 114 valence electrons. The zero-order valence-corrected chi connectivity index (χ0v) is 13.7. The number of anilines is 2. The molecule has 1 saturated heterocycles. The van der Waals surface area contributed by atoms with Crippen molar-refractivity contribution in [3.05, 3.63) is 23.2 Å². The van der Waals surface area contributed by atoms with Gasteiger partial charge in [-0.3, -0.25) is 4.79 Å². The first-order valence-electron chi connectivity index (χ1n) is 7.25. The summed E-state index contributed by atoms with van der Waals surface area (Å²) in [6, 6.07) is 5.77. The fourth-order valence-corrected chi connectivity index (χ4v) is 2.89. The van der Waals surface area contributed by atoms with Gasteiger partial charge in [0.05, 0.1) is 10.7 Å². The van der Waals surface area contributed by atoms with Gasteiger partial charge in [0, 0.05) is 25.2 Å². The molecule has 0 saturated carbocycles. The third-order valence-electron chi connectivity index (χ3n) is 3.48. The minimum atomic E-state index is -0.108. The van der Waals surface area contributed by atoms with Crippen LogP contribution in [0.5, 0.6) is 0 Å². The Labute approximate surface area is 135 Å². The second-order valence-electron chi connectivity index (χ2n) is 5.07. The van der Waals surface area contributed by atoms with Crippen molar-refractivity contribution in [2.75, 3.05) is 23.3 Å². The summed E-state index contributed by atoms with van der Waals surface area (Å²) in [5.41, 5.74) is 1.84. The van der Waals surface area contributed by atoms with Gasteiger partial charge in [0.15, 0.2) is 5.11 Å². The SMILES string of the molecule is CCC(=O)NC(=S)Nc1ccc(N2CCCCC2)c(Cl)c1. The molecule has 2 rings (SSSR count). The van der Waals surface area contributed by atoms with E-state index in [2.05, 4.69) is 15.5 Å². The number of amides is 1. The number of rotatable bonds is 3. The molecule has 0 aliphatic carbocycles. The van der Waals surface area contributed by atoms with E-state index >= 15 is 0 Å². The quantitative estimate of drug-likeness (QED) is 0.834. The highest BCUT2D eigenvalue weighted by atomic mass is 35.5. The van der Waals surface area contributed by atoms with Gasteiger partial charge in [-0.15, -0.1) is 0 Å². The van der Waals surface area contributed by atoms with Gasteiger partial charge in [-0.25, -0.2) is 0 Å². The standard InChI is InChI=1S/C15H20ClN3OS/c1-2-14(20)18-15(21)17-11-6-7-13(12(16)10-11)19-8-4-3-5-9-19/h6-7,10H,2-5,8-9H2,1H3,(H2,17,18,20,21). The van der Waals surface area contributed by atoms with Gasteiger partial charge in [0.2, 0.25) is 5.91 Å². The lowest BCUT2D eigenvalue weighted by molar-refractivity contribution is -0.119. The summed E-state index contributed by atoms with van der Waals surface area (Å²) in [7, 11) is 0. The predicted octanol–water partition coefficient (Wildman–Crippen LogP) is 3.55. The Morgan fingerprint density at radius 2 is 2.05 bits per heavy atom. The maximum absolute atomic E-state index is 11.3. The molecule has 0 aromatic heterocycles. The van der Waals surface area contributed by atoms with Gasteiger partial charge in [-0.05, 0) is 49.7 Å². The molecule has 4 nitrogen and oxygen atoms in total. The third-order valence-corrected chi connectivity index (χ3v) is 3.98. The largest absolute Gasteiger partial charge is 0.370 e. The number of halogens is 1.